The molecule has 0 unspecified atom stereocenters. The Kier molecular flexibility index (Phi) is 6.37. The number of hydrogen-bond donors (Lipinski definition) is 0. The molecule has 0 aliphatic rings. The maximum absolute atomic E-state index is 13.7. The highest BCUT2D eigenvalue weighted by molar-refractivity contribution is 7.92. The molecule has 1 aromatic heterocycles. The lowest BCUT2D eigenvalue weighted by Gasteiger charge is -2.25. The Bertz CT molecular complexity index is 1330. The molecule has 0 saturated carbocycles. The highest BCUT2D eigenvalue weighted by Gasteiger charge is 2.29. The van der Waals surface area contributed by atoms with Crippen LogP contribution in [0.5, 0.6) is 11.5 Å². The predicted molar refractivity (Wildman–Crippen MR) is 126 cm³/mol. The molecule has 0 atom stereocenters. The average Bonchev–Trinajstić information content (AvgIpc) is 3.23. The Balaban J connectivity index is 1.77. The van der Waals surface area contributed by atoms with E-state index in [2.05, 4.69) is 4.98 Å². The zero-order chi connectivity index (χ0) is 23.4. The molecule has 0 N–H and O–H groups in total. The number of ether oxygens (including phenoxy) is 2. The van der Waals surface area contributed by atoms with Crippen LogP contribution in [-0.2, 0) is 16.6 Å². The number of oxazole rings is 1. The van der Waals surface area contributed by atoms with E-state index in [0.717, 1.165) is 11.3 Å². The molecule has 3 aromatic carbocycles. The van der Waals surface area contributed by atoms with Gasteiger partial charge in [-0.15, -0.1) is 0 Å². The summed E-state index contributed by atoms with van der Waals surface area (Å²) in [6.45, 7) is 1.74. The van der Waals surface area contributed by atoms with E-state index in [1.54, 1.807) is 68.6 Å². The van der Waals surface area contributed by atoms with E-state index >= 15 is 0 Å². The second-order valence-electron chi connectivity index (χ2n) is 7.25. The monoisotopic (exact) mass is 464 g/mol. The van der Waals surface area contributed by atoms with Crippen molar-refractivity contribution in [2.24, 2.45) is 0 Å². The molecule has 0 bridgehead atoms. The highest BCUT2D eigenvalue weighted by atomic mass is 32.2. The molecule has 0 aliphatic heterocycles. The van der Waals surface area contributed by atoms with Crippen molar-refractivity contribution >= 4 is 15.7 Å². The van der Waals surface area contributed by atoms with E-state index in [0.29, 0.717) is 28.8 Å². The molecule has 4 aromatic rings. The van der Waals surface area contributed by atoms with E-state index in [4.69, 9.17) is 13.9 Å². The number of sulfonamides is 1. The number of benzene rings is 3. The number of rotatable bonds is 8. The largest absolute Gasteiger partial charge is 0.497 e. The van der Waals surface area contributed by atoms with Gasteiger partial charge in [-0.2, -0.15) is 0 Å². The van der Waals surface area contributed by atoms with Crippen LogP contribution in [0.2, 0.25) is 0 Å². The SMILES string of the molecule is COc1ccc(-c2nc(CN(c3ccccc3OC)S(=O)(=O)c3ccccc3)c(C)o2)cc1. The summed E-state index contributed by atoms with van der Waals surface area (Å²) >= 11 is 0. The second-order valence-corrected chi connectivity index (χ2v) is 9.11. The molecule has 8 heteroatoms. The Hall–Kier alpha value is -3.78. The van der Waals surface area contributed by atoms with Crippen LogP contribution in [0.15, 0.2) is 88.2 Å². The van der Waals surface area contributed by atoms with E-state index in [1.807, 2.05) is 24.3 Å². The molecule has 170 valence electrons. The minimum Gasteiger partial charge on any atom is -0.497 e. The molecule has 33 heavy (non-hydrogen) atoms. The lowest BCUT2D eigenvalue weighted by Crippen LogP contribution is -2.31. The van der Waals surface area contributed by atoms with Crippen LogP contribution in [0.25, 0.3) is 11.5 Å². The van der Waals surface area contributed by atoms with Gasteiger partial charge in [0.2, 0.25) is 5.89 Å². The van der Waals surface area contributed by atoms with Crippen molar-refractivity contribution < 1.29 is 22.3 Å². The number of anilines is 1. The van der Waals surface area contributed by atoms with Crippen molar-refractivity contribution in [1.82, 2.24) is 4.98 Å². The molecular weight excluding hydrogens is 440 g/mol. The number of aromatic nitrogens is 1. The van der Waals surface area contributed by atoms with Crippen molar-refractivity contribution in [3.8, 4) is 23.0 Å². The molecule has 4 rings (SSSR count). The normalized spacial score (nSPS) is 11.2. The van der Waals surface area contributed by atoms with Crippen LogP contribution in [0, 0.1) is 6.92 Å². The standard InChI is InChI=1S/C25H24N2O5S/c1-18-22(26-25(32-18)19-13-15-20(30-2)16-14-19)17-27(23-11-7-8-12-24(23)31-3)33(28,29)21-9-5-4-6-10-21/h4-16H,17H2,1-3H3. The average molecular weight is 465 g/mol. The fraction of sp³-hybridized carbons (Fsp3) is 0.160. The lowest BCUT2D eigenvalue weighted by molar-refractivity contribution is 0.415. The van der Waals surface area contributed by atoms with E-state index in [-0.39, 0.29) is 11.4 Å². The number of methoxy groups -OCH3 is 2. The summed E-state index contributed by atoms with van der Waals surface area (Å²) in [6, 6.07) is 22.6. The molecular formula is C25H24N2O5S. The Morgan fingerprint density at radius 2 is 1.55 bits per heavy atom. The maximum Gasteiger partial charge on any atom is 0.264 e. The first kappa shape index (κ1) is 22.4. The van der Waals surface area contributed by atoms with Crippen molar-refractivity contribution in [1.29, 1.82) is 0 Å². The highest BCUT2D eigenvalue weighted by Crippen LogP contribution is 2.34. The molecule has 0 radical (unpaired) electrons. The molecule has 0 aliphatic carbocycles. The minimum absolute atomic E-state index is 0.0247. The summed E-state index contributed by atoms with van der Waals surface area (Å²) in [7, 11) is -0.802. The molecule has 0 fully saturated rings. The quantitative estimate of drug-likeness (QED) is 0.362. The van der Waals surface area contributed by atoms with Gasteiger partial charge in [0.15, 0.2) is 0 Å². The second kappa shape index (κ2) is 9.38. The third kappa shape index (κ3) is 4.56. The first-order valence-electron chi connectivity index (χ1n) is 10.3. The molecule has 0 saturated heterocycles. The van der Waals surface area contributed by atoms with Gasteiger partial charge in [-0.05, 0) is 55.5 Å². The number of para-hydroxylation sites is 2. The van der Waals surface area contributed by atoms with Gasteiger partial charge in [0.1, 0.15) is 23.0 Å². The first-order chi connectivity index (χ1) is 15.9. The Morgan fingerprint density at radius 1 is 0.879 bits per heavy atom. The van der Waals surface area contributed by atoms with Gasteiger partial charge < -0.3 is 13.9 Å². The third-order valence-corrected chi connectivity index (χ3v) is 6.98. The fourth-order valence-corrected chi connectivity index (χ4v) is 4.88. The molecule has 1 heterocycles. The summed E-state index contributed by atoms with van der Waals surface area (Å²) < 4.78 is 45.2. The lowest BCUT2D eigenvalue weighted by atomic mass is 10.2. The summed E-state index contributed by atoms with van der Waals surface area (Å²) in [6.07, 6.45) is 0. The molecule has 0 amide bonds. The van der Waals surface area contributed by atoms with Gasteiger partial charge in [-0.3, -0.25) is 4.31 Å². The van der Waals surface area contributed by atoms with E-state index < -0.39 is 10.0 Å². The van der Waals surface area contributed by atoms with Crippen molar-refractivity contribution in [3.05, 3.63) is 90.3 Å². The maximum atomic E-state index is 13.7. The van der Waals surface area contributed by atoms with Gasteiger partial charge in [0.05, 0.1) is 31.3 Å². The van der Waals surface area contributed by atoms with E-state index in [9.17, 15) is 8.42 Å². The minimum atomic E-state index is -3.91. The van der Waals surface area contributed by atoms with Crippen LogP contribution < -0.4 is 13.8 Å². The smallest absolute Gasteiger partial charge is 0.264 e. The summed E-state index contributed by atoms with van der Waals surface area (Å²) in [5, 5.41) is 0. The number of hydrogen-bond acceptors (Lipinski definition) is 6. The summed E-state index contributed by atoms with van der Waals surface area (Å²) in [4.78, 5) is 4.78. The zero-order valence-corrected chi connectivity index (χ0v) is 19.4. The Morgan fingerprint density at radius 3 is 2.21 bits per heavy atom. The molecule has 7 nitrogen and oxygen atoms in total. The van der Waals surface area contributed by atoms with Gasteiger partial charge in [-0.1, -0.05) is 30.3 Å². The van der Waals surface area contributed by atoms with Gasteiger partial charge in [0.25, 0.3) is 10.0 Å². The van der Waals surface area contributed by atoms with Crippen LogP contribution in [0.4, 0.5) is 5.69 Å². The van der Waals surface area contributed by atoms with Crippen LogP contribution in [-0.4, -0.2) is 27.6 Å². The number of nitrogens with zero attached hydrogens (tertiary/aromatic N) is 2. The molecule has 0 spiro atoms. The van der Waals surface area contributed by atoms with Crippen molar-refractivity contribution in [3.63, 3.8) is 0 Å². The van der Waals surface area contributed by atoms with Crippen LogP contribution in [0.1, 0.15) is 11.5 Å². The van der Waals surface area contributed by atoms with Crippen molar-refractivity contribution in [2.75, 3.05) is 18.5 Å². The van der Waals surface area contributed by atoms with Crippen molar-refractivity contribution in [2.45, 2.75) is 18.4 Å². The number of aryl methyl sites for hydroxylation is 1. The Labute approximate surface area is 193 Å². The summed E-state index contributed by atoms with van der Waals surface area (Å²) in [5.74, 6) is 2.10. The van der Waals surface area contributed by atoms with Crippen LogP contribution in [0.3, 0.4) is 0 Å². The van der Waals surface area contributed by atoms with E-state index in [1.165, 1.54) is 11.4 Å². The predicted octanol–water partition coefficient (Wildman–Crippen LogP) is 5.06. The summed E-state index contributed by atoms with van der Waals surface area (Å²) in [5.41, 5.74) is 1.68. The van der Waals surface area contributed by atoms with Gasteiger partial charge in [-0.25, -0.2) is 13.4 Å². The third-order valence-electron chi connectivity index (χ3n) is 5.21. The van der Waals surface area contributed by atoms with Crippen LogP contribution >= 0.6 is 0 Å². The topological polar surface area (TPSA) is 81.9 Å². The first-order valence-corrected chi connectivity index (χ1v) is 11.7. The fourth-order valence-electron chi connectivity index (χ4n) is 3.42. The zero-order valence-electron chi connectivity index (χ0n) is 18.6. The van der Waals surface area contributed by atoms with Gasteiger partial charge in [0, 0.05) is 5.56 Å². The van der Waals surface area contributed by atoms with Gasteiger partial charge >= 0.3 is 0 Å².